The maximum Gasteiger partial charge on any atom is 0.162 e. The lowest BCUT2D eigenvalue weighted by Gasteiger charge is -1.99. The minimum Gasteiger partial charge on any atom is -0.462 e. The van der Waals surface area contributed by atoms with Crippen molar-refractivity contribution in [2.75, 3.05) is 0 Å². The molecule has 0 bridgehead atoms. The highest BCUT2D eigenvalue weighted by molar-refractivity contribution is 7.90. The van der Waals surface area contributed by atoms with E-state index < -0.39 is 9.84 Å². The molecule has 0 aliphatic heterocycles. The Kier molecular flexibility index (Phi) is 4.17. The number of halogens is 1. The van der Waals surface area contributed by atoms with E-state index >= 15 is 0 Å². The third-order valence-corrected chi connectivity index (χ3v) is 6.45. The van der Waals surface area contributed by atoms with Gasteiger partial charge in [0, 0.05) is 10.3 Å². The molecule has 4 nitrogen and oxygen atoms in total. The van der Waals surface area contributed by atoms with Crippen molar-refractivity contribution in [3.05, 3.63) is 50.8 Å². The van der Waals surface area contributed by atoms with Crippen LogP contribution in [0.1, 0.15) is 10.6 Å². The first-order chi connectivity index (χ1) is 10.0. The molecule has 0 N–H and O–H groups in total. The molecule has 3 aromatic rings. The zero-order valence-electron chi connectivity index (χ0n) is 10.7. The van der Waals surface area contributed by atoms with Crippen molar-refractivity contribution in [3.8, 4) is 10.8 Å². The highest BCUT2D eigenvalue weighted by atomic mass is 35.5. The average molecular weight is 360 g/mol. The standard InChI is InChI=1S/C13H10ClNO3S3/c14-12-4-3-10(20-12)8-21(16,17)7-9-6-19-13(15-9)11-2-1-5-18-11/h1-6H,7-8H2. The zero-order valence-corrected chi connectivity index (χ0v) is 13.9. The van der Waals surface area contributed by atoms with E-state index in [1.807, 2.05) is 0 Å². The number of hydrogen-bond donors (Lipinski definition) is 0. The smallest absolute Gasteiger partial charge is 0.162 e. The molecule has 0 aromatic carbocycles. The molecule has 0 unspecified atom stereocenters. The second-order valence-corrected chi connectivity index (χ2v) is 9.08. The van der Waals surface area contributed by atoms with Crippen LogP contribution in [0.4, 0.5) is 0 Å². The van der Waals surface area contributed by atoms with Gasteiger partial charge in [-0.25, -0.2) is 13.4 Å². The fourth-order valence-electron chi connectivity index (χ4n) is 1.81. The summed E-state index contributed by atoms with van der Waals surface area (Å²) < 4.78 is 30.2. The Hall–Kier alpha value is -1.15. The van der Waals surface area contributed by atoms with E-state index in [9.17, 15) is 8.42 Å². The molecular formula is C13H10ClNO3S3. The van der Waals surface area contributed by atoms with Crippen LogP contribution in [0, 0.1) is 0 Å². The summed E-state index contributed by atoms with van der Waals surface area (Å²) in [6.07, 6.45) is 1.56. The van der Waals surface area contributed by atoms with Crippen LogP contribution in [0.2, 0.25) is 4.34 Å². The first kappa shape index (κ1) is 14.8. The Morgan fingerprint density at radius 2 is 2.10 bits per heavy atom. The maximum absolute atomic E-state index is 12.2. The molecule has 0 atom stereocenters. The van der Waals surface area contributed by atoms with Gasteiger partial charge in [0.2, 0.25) is 0 Å². The lowest BCUT2D eigenvalue weighted by molar-refractivity contribution is 0.581. The van der Waals surface area contributed by atoms with E-state index in [1.54, 1.807) is 35.9 Å². The summed E-state index contributed by atoms with van der Waals surface area (Å²) in [4.78, 5) is 5.05. The van der Waals surface area contributed by atoms with E-state index in [0.29, 0.717) is 20.8 Å². The highest BCUT2D eigenvalue weighted by Crippen LogP contribution is 2.27. The van der Waals surface area contributed by atoms with Crippen molar-refractivity contribution < 1.29 is 12.8 Å². The Bertz CT molecular complexity index is 834. The van der Waals surface area contributed by atoms with Gasteiger partial charge in [-0.1, -0.05) is 11.6 Å². The van der Waals surface area contributed by atoms with Crippen LogP contribution in [0.3, 0.4) is 0 Å². The van der Waals surface area contributed by atoms with Crippen LogP contribution >= 0.6 is 34.3 Å². The number of thiophene rings is 1. The number of hydrogen-bond acceptors (Lipinski definition) is 6. The van der Waals surface area contributed by atoms with Crippen LogP contribution in [-0.4, -0.2) is 13.4 Å². The van der Waals surface area contributed by atoms with Crippen LogP contribution in [0.25, 0.3) is 10.8 Å². The fourth-order valence-corrected chi connectivity index (χ4v) is 5.59. The zero-order chi connectivity index (χ0) is 14.9. The molecule has 8 heteroatoms. The van der Waals surface area contributed by atoms with Gasteiger partial charge in [-0.3, -0.25) is 0 Å². The number of rotatable bonds is 5. The normalized spacial score (nSPS) is 11.9. The molecule has 3 aromatic heterocycles. The van der Waals surface area contributed by atoms with Gasteiger partial charge >= 0.3 is 0 Å². The number of thiazole rings is 1. The van der Waals surface area contributed by atoms with Crippen LogP contribution in [0.15, 0.2) is 40.3 Å². The van der Waals surface area contributed by atoms with E-state index in [4.69, 9.17) is 16.0 Å². The lowest BCUT2D eigenvalue weighted by atomic mass is 10.5. The summed E-state index contributed by atoms with van der Waals surface area (Å²) >= 11 is 8.46. The fraction of sp³-hybridized carbons (Fsp3) is 0.154. The SMILES string of the molecule is O=S(=O)(Cc1csc(-c2ccco2)n1)Cc1ccc(Cl)s1. The molecule has 110 valence electrons. The predicted octanol–water partition coefficient (Wildman–Crippen LogP) is 4.23. The molecule has 0 radical (unpaired) electrons. The van der Waals surface area contributed by atoms with Crippen LogP contribution in [-0.2, 0) is 21.3 Å². The summed E-state index contributed by atoms with van der Waals surface area (Å²) in [6, 6.07) is 7.01. The summed E-state index contributed by atoms with van der Waals surface area (Å²) in [6.45, 7) is 0. The molecule has 3 rings (SSSR count). The summed E-state index contributed by atoms with van der Waals surface area (Å²) in [7, 11) is -3.26. The first-order valence-corrected chi connectivity index (χ1v) is 9.84. The van der Waals surface area contributed by atoms with Gasteiger partial charge in [0.05, 0.1) is 27.8 Å². The van der Waals surface area contributed by atoms with Gasteiger partial charge in [-0.05, 0) is 24.3 Å². The van der Waals surface area contributed by atoms with Crippen molar-refractivity contribution in [1.29, 1.82) is 0 Å². The van der Waals surface area contributed by atoms with Crippen molar-refractivity contribution >= 4 is 44.1 Å². The molecule has 0 aliphatic carbocycles. The number of nitrogens with zero attached hydrogens (tertiary/aromatic N) is 1. The van der Waals surface area contributed by atoms with Crippen molar-refractivity contribution in [2.45, 2.75) is 11.5 Å². The highest BCUT2D eigenvalue weighted by Gasteiger charge is 2.17. The molecule has 0 saturated carbocycles. The van der Waals surface area contributed by atoms with Gasteiger partial charge in [0.15, 0.2) is 20.6 Å². The van der Waals surface area contributed by atoms with E-state index in [2.05, 4.69) is 4.98 Å². The first-order valence-electron chi connectivity index (χ1n) is 5.95. The van der Waals surface area contributed by atoms with Crippen LogP contribution < -0.4 is 0 Å². The Balaban J connectivity index is 1.73. The Morgan fingerprint density at radius 3 is 2.76 bits per heavy atom. The molecule has 0 fully saturated rings. The number of sulfone groups is 1. The van der Waals surface area contributed by atoms with Gasteiger partial charge in [-0.2, -0.15) is 0 Å². The monoisotopic (exact) mass is 359 g/mol. The second-order valence-electron chi connectivity index (χ2n) is 4.36. The van der Waals surface area contributed by atoms with E-state index in [0.717, 1.165) is 4.88 Å². The van der Waals surface area contributed by atoms with Crippen molar-refractivity contribution in [1.82, 2.24) is 4.98 Å². The minimum absolute atomic E-state index is 0.0159. The molecule has 0 saturated heterocycles. The van der Waals surface area contributed by atoms with Gasteiger partial charge < -0.3 is 4.42 Å². The van der Waals surface area contributed by atoms with E-state index in [1.165, 1.54) is 22.7 Å². The summed E-state index contributed by atoms with van der Waals surface area (Å²) in [5.41, 5.74) is 0.536. The molecule has 0 amide bonds. The Labute approximate surface area is 134 Å². The molecular weight excluding hydrogens is 350 g/mol. The molecule has 0 aliphatic rings. The third kappa shape index (κ3) is 3.74. The molecule has 21 heavy (non-hydrogen) atoms. The van der Waals surface area contributed by atoms with E-state index in [-0.39, 0.29) is 11.5 Å². The van der Waals surface area contributed by atoms with Crippen molar-refractivity contribution in [2.24, 2.45) is 0 Å². The van der Waals surface area contributed by atoms with Gasteiger partial charge in [0.1, 0.15) is 0 Å². The topological polar surface area (TPSA) is 60.2 Å². The van der Waals surface area contributed by atoms with Crippen LogP contribution in [0.5, 0.6) is 0 Å². The molecule has 3 heterocycles. The van der Waals surface area contributed by atoms with Gasteiger partial charge in [-0.15, -0.1) is 22.7 Å². The number of aromatic nitrogens is 1. The average Bonchev–Trinajstić information content (AvgIpc) is 3.09. The largest absolute Gasteiger partial charge is 0.462 e. The molecule has 0 spiro atoms. The lowest BCUT2D eigenvalue weighted by Crippen LogP contribution is -2.06. The third-order valence-electron chi connectivity index (χ3n) is 2.64. The van der Waals surface area contributed by atoms with Gasteiger partial charge in [0.25, 0.3) is 0 Å². The summed E-state index contributed by atoms with van der Waals surface area (Å²) in [5, 5.41) is 2.43. The Morgan fingerprint density at radius 1 is 1.24 bits per heavy atom. The predicted molar refractivity (Wildman–Crippen MR) is 85.5 cm³/mol. The number of furan rings is 1. The second kappa shape index (κ2) is 5.92. The minimum atomic E-state index is -3.26. The summed E-state index contributed by atoms with van der Waals surface area (Å²) in [5.74, 6) is 0.547. The maximum atomic E-state index is 12.2. The van der Waals surface area contributed by atoms with Crippen molar-refractivity contribution in [3.63, 3.8) is 0 Å². The quantitative estimate of drug-likeness (QED) is 0.683.